The number of anilines is 1. The summed E-state index contributed by atoms with van der Waals surface area (Å²) in [4.78, 5) is 19.6. The number of hydrogen-bond donors (Lipinski definition) is 0. The zero-order chi connectivity index (χ0) is 19.5. The zero-order valence-electron chi connectivity index (χ0n) is 16.7. The molecule has 1 amide bonds. The highest BCUT2D eigenvalue weighted by molar-refractivity contribution is 5.98. The second kappa shape index (κ2) is 8.13. The van der Waals surface area contributed by atoms with Crippen LogP contribution < -0.4 is 4.90 Å². The van der Waals surface area contributed by atoms with Crippen molar-refractivity contribution in [1.82, 2.24) is 14.6 Å². The fourth-order valence-corrected chi connectivity index (χ4v) is 4.30. The lowest BCUT2D eigenvalue weighted by molar-refractivity contribution is -0.120. The van der Waals surface area contributed by atoms with E-state index >= 15 is 0 Å². The minimum absolute atomic E-state index is 0.0902. The minimum atomic E-state index is 0.0902. The standard InChI is InChI=1S/C23H28N4O/c1-17(2)27(23(28)15-18-9-4-3-5-10-18)21-12-7-6-11-19(21)20-16-22-24-13-8-14-26(22)25-20/h6-8,11-14,16-18H,3-5,9-10,15H2,1-2H3. The molecule has 4 rings (SSSR count). The van der Waals surface area contributed by atoms with Crippen LogP contribution in [-0.4, -0.2) is 26.5 Å². The number of aromatic nitrogens is 3. The quantitative estimate of drug-likeness (QED) is 0.622. The molecule has 2 aromatic heterocycles. The number of rotatable bonds is 5. The maximum Gasteiger partial charge on any atom is 0.227 e. The Hall–Kier alpha value is -2.69. The predicted octanol–water partition coefficient (Wildman–Crippen LogP) is 5.11. The number of para-hydroxylation sites is 1. The average molecular weight is 377 g/mol. The molecule has 1 fully saturated rings. The van der Waals surface area contributed by atoms with Gasteiger partial charge in [0.2, 0.25) is 5.91 Å². The summed E-state index contributed by atoms with van der Waals surface area (Å²) >= 11 is 0. The van der Waals surface area contributed by atoms with Gasteiger partial charge in [-0.15, -0.1) is 0 Å². The fraction of sp³-hybridized carbons (Fsp3) is 0.435. The molecule has 2 heterocycles. The zero-order valence-corrected chi connectivity index (χ0v) is 16.7. The highest BCUT2D eigenvalue weighted by atomic mass is 16.2. The van der Waals surface area contributed by atoms with Crippen LogP contribution in [0.4, 0.5) is 5.69 Å². The third-order valence-corrected chi connectivity index (χ3v) is 5.65. The third-order valence-electron chi connectivity index (χ3n) is 5.65. The number of fused-ring (bicyclic) bond motifs is 1. The molecule has 0 spiro atoms. The van der Waals surface area contributed by atoms with Gasteiger partial charge in [0.1, 0.15) is 0 Å². The Labute approximate surface area is 166 Å². The van der Waals surface area contributed by atoms with Crippen molar-refractivity contribution in [2.75, 3.05) is 4.90 Å². The minimum Gasteiger partial charge on any atom is -0.309 e. The van der Waals surface area contributed by atoms with Gasteiger partial charge in [0.15, 0.2) is 5.65 Å². The van der Waals surface area contributed by atoms with E-state index in [1.807, 2.05) is 47.5 Å². The molecular weight excluding hydrogens is 348 g/mol. The molecule has 3 aromatic rings. The lowest BCUT2D eigenvalue weighted by Crippen LogP contribution is -2.38. The molecule has 1 saturated carbocycles. The van der Waals surface area contributed by atoms with Gasteiger partial charge in [0.05, 0.1) is 11.4 Å². The Morgan fingerprint density at radius 1 is 1.18 bits per heavy atom. The molecule has 5 heteroatoms. The van der Waals surface area contributed by atoms with Gasteiger partial charge in [-0.3, -0.25) is 4.79 Å². The number of carbonyl (C=O) groups excluding carboxylic acids is 1. The van der Waals surface area contributed by atoms with Gasteiger partial charge in [0, 0.05) is 36.5 Å². The van der Waals surface area contributed by atoms with Crippen LogP contribution in [0, 0.1) is 5.92 Å². The molecule has 0 atom stereocenters. The third kappa shape index (κ3) is 3.79. The van der Waals surface area contributed by atoms with Crippen molar-refractivity contribution >= 4 is 17.2 Å². The van der Waals surface area contributed by atoms with Crippen LogP contribution >= 0.6 is 0 Å². The van der Waals surface area contributed by atoms with E-state index in [0.717, 1.165) is 22.6 Å². The summed E-state index contributed by atoms with van der Waals surface area (Å²) < 4.78 is 1.77. The number of amides is 1. The molecular formula is C23H28N4O. The van der Waals surface area contributed by atoms with Gasteiger partial charge >= 0.3 is 0 Å². The molecule has 0 N–H and O–H groups in total. The summed E-state index contributed by atoms with van der Waals surface area (Å²) in [5, 5.41) is 4.68. The molecule has 28 heavy (non-hydrogen) atoms. The van der Waals surface area contributed by atoms with Crippen molar-refractivity contribution in [3.63, 3.8) is 0 Å². The van der Waals surface area contributed by atoms with E-state index in [-0.39, 0.29) is 11.9 Å². The molecule has 0 aliphatic heterocycles. The first-order valence-electron chi connectivity index (χ1n) is 10.4. The molecule has 146 valence electrons. The average Bonchev–Trinajstić information content (AvgIpc) is 3.13. The van der Waals surface area contributed by atoms with E-state index in [1.165, 1.54) is 32.1 Å². The molecule has 1 aromatic carbocycles. The monoisotopic (exact) mass is 376 g/mol. The highest BCUT2D eigenvalue weighted by Crippen LogP contribution is 2.34. The summed E-state index contributed by atoms with van der Waals surface area (Å²) in [5.41, 5.74) is 3.54. The highest BCUT2D eigenvalue weighted by Gasteiger charge is 2.26. The van der Waals surface area contributed by atoms with Gasteiger partial charge in [-0.2, -0.15) is 5.10 Å². The lowest BCUT2D eigenvalue weighted by Gasteiger charge is -2.31. The van der Waals surface area contributed by atoms with E-state index in [2.05, 4.69) is 23.9 Å². The van der Waals surface area contributed by atoms with Gasteiger partial charge in [-0.25, -0.2) is 9.50 Å². The summed E-state index contributed by atoms with van der Waals surface area (Å²) in [6.45, 7) is 4.17. The molecule has 0 unspecified atom stereocenters. The molecule has 0 radical (unpaired) electrons. The SMILES string of the molecule is CC(C)N(C(=O)CC1CCCCC1)c1ccccc1-c1cc2ncccn2n1. The first kappa shape index (κ1) is 18.7. The van der Waals surface area contributed by atoms with E-state index in [0.29, 0.717) is 12.3 Å². The molecule has 1 aliphatic rings. The van der Waals surface area contributed by atoms with Crippen molar-refractivity contribution in [1.29, 1.82) is 0 Å². The maximum atomic E-state index is 13.3. The summed E-state index contributed by atoms with van der Waals surface area (Å²) in [5.74, 6) is 0.741. The van der Waals surface area contributed by atoms with Gasteiger partial charge < -0.3 is 4.90 Å². The van der Waals surface area contributed by atoms with E-state index in [9.17, 15) is 4.79 Å². The predicted molar refractivity (Wildman–Crippen MR) is 112 cm³/mol. The Morgan fingerprint density at radius 2 is 1.96 bits per heavy atom. The molecule has 5 nitrogen and oxygen atoms in total. The van der Waals surface area contributed by atoms with Crippen LogP contribution in [-0.2, 0) is 4.79 Å². The van der Waals surface area contributed by atoms with Crippen molar-refractivity contribution in [3.05, 3.63) is 48.8 Å². The first-order valence-corrected chi connectivity index (χ1v) is 10.4. The Kier molecular flexibility index (Phi) is 5.42. The number of carbonyl (C=O) groups is 1. The number of nitrogens with zero attached hydrogens (tertiary/aromatic N) is 4. The van der Waals surface area contributed by atoms with Gasteiger partial charge in [-0.1, -0.05) is 37.5 Å². The topological polar surface area (TPSA) is 50.5 Å². The normalized spacial score (nSPS) is 15.2. The van der Waals surface area contributed by atoms with Crippen LogP contribution in [0.5, 0.6) is 0 Å². The van der Waals surface area contributed by atoms with Crippen molar-refractivity contribution < 1.29 is 4.79 Å². The second-order valence-electron chi connectivity index (χ2n) is 8.03. The number of benzene rings is 1. The summed E-state index contributed by atoms with van der Waals surface area (Å²) in [6.07, 6.45) is 10.5. The molecule has 0 saturated heterocycles. The lowest BCUT2D eigenvalue weighted by atomic mass is 9.86. The smallest absolute Gasteiger partial charge is 0.227 e. The first-order chi connectivity index (χ1) is 13.6. The van der Waals surface area contributed by atoms with Crippen LogP contribution in [0.2, 0.25) is 0 Å². The molecule has 1 aliphatic carbocycles. The van der Waals surface area contributed by atoms with Crippen molar-refractivity contribution in [3.8, 4) is 11.3 Å². The Morgan fingerprint density at radius 3 is 2.71 bits per heavy atom. The van der Waals surface area contributed by atoms with Crippen LogP contribution in [0.1, 0.15) is 52.4 Å². The van der Waals surface area contributed by atoms with Crippen molar-refractivity contribution in [2.45, 2.75) is 58.4 Å². The number of hydrogen-bond acceptors (Lipinski definition) is 3. The second-order valence-corrected chi connectivity index (χ2v) is 8.03. The Balaban J connectivity index is 1.68. The maximum absolute atomic E-state index is 13.3. The van der Waals surface area contributed by atoms with E-state index in [1.54, 1.807) is 10.7 Å². The van der Waals surface area contributed by atoms with E-state index in [4.69, 9.17) is 0 Å². The Bertz CT molecular complexity index is 923. The van der Waals surface area contributed by atoms with Crippen molar-refractivity contribution in [2.24, 2.45) is 5.92 Å². The largest absolute Gasteiger partial charge is 0.309 e. The van der Waals surface area contributed by atoms with Gasteiger partial charge in [0.25, 0.3) is 0 Å². The molecule has 0 bridgehead atoms. The van der Waals surface area contributed by atoms with Gasteiger partial charge in [-0.05, 0) is 44.7 Å². The van der Waals surface area contributed by atoms with Crippen LogP contribution in [0.25, 0.3) is 16.9 Å². The van der Waals surface area contributed by atoms with Crippen LogP contribution in [0.3, 0.4) is 0 Å². The van der Waals surface area contributed by atoms with E-state index < -0.39 is 0 Å². The summed E-state index contributed by atoms with van der Waals surface area (Å²) in [7, 11) is 0. The van der Waals surface area contributed by atoms with Crippen LogP contribution in [0.15, 0.2) is 48.8 Å². The fourth-order valence-electron chi connectivity index (χ4n) is 4.30. The summed E-state index contributed by atoms with van der Waals surface area (Å²) in [6, 6.07) is 12.0.